The second kappa shape index (κ2) is 8.93. The van der Waals surface area contributed by atoms with Gasteiger partial charge in [0.25, 0.3) is 0 Å². The van der Waals surface area contributed by atoms with Gasteiger partial charge >= 0.3 is 0 Å². The first-order valence-electron chi connectivity index (χ1n) is 9.80. The van der Waals surface area contributed by atoms with Crippen LogP contribution in [0, 0.1) is 11.8 Å². The highest BCUT2D eigenvalue weighted by Crippen LogP contribution is 2.33. The molecule has 2 aromatic carbocycles. The summed E-state index contributed by atoms with van der Waals surface area (Å²) in [4.78, 5) is 4.59. The molecule has 1 heterocycles. The molecular weight excluding hydrogens is 384 g/mol. The molecule has 0 spiro atoms. The molecule has 0 radical (unpaired) electrons. The van der Waals surface area contributed by atoms with Crippen LogP contribution in [-0.2, 0) is 9.84 Å². The fourth-order valence-corrected chi connectivity index (χ4v) is 4.35. The van der Waals surface area contributed by atoms with Crippen molar-refractivity contribution in [3.8, 4) is 16.9 Å². The van der Waals surface area contributed by atoms with E-state index in [1.54, 1.807) is 18.3 Å². The number of hydrogen-bond donors (Lipinski definition) is 1. The number of sulfone groups is 1. The molecule has 0 bridgehead atoms. The molecule has 0 saturated carbocycles. The Balaban J connectivity index is 1.95. The zero-order valence-electron chi connectivity index (χ0n) is 17.1. The van der Waals surface area contributed by atoms with E-state index in [0.29, 0.717) is 24.8 Å². The van der Waals surface area contributed by atoms with Crippen molar-refractivity contribution in [2.45, 2.75) is 25.2 Å². The third-order valence-corrected chi connectivity index (χ3v) is 6.15. The Morgan fingerprint density at radius 2 is 1.83 bits per heavy atom. The quantitative estimate of drug-likeness (QED) is 0.596. The van der Waals surface area contributed by atoms with Gasteiger partial charge in [-0.3, -0.25) is 4.98 Å². The number of para-hydroxylation sites is 1. The predicted molar refractivity (Wildman–Crippen MR) is 118 cm³/mol. The Morgan fingerprint density at radius 3 is 2.55 bits per heavy atom. The molecule has 0 aliphatic carbocycles. The molecule has 2 N–H and O–H groups in total. The lowest BCUT2D eigenvalue weighted by atomic mass is 9.98. The minimum Gasteiger partial charge on any atom is -0.492 e. The van der Waals surface area contributed by atoms with Gasteiger partial charge in [0.1, 0.15) is 10.6 Å². The number of nitrogens with zero attached hydrogens (tertiary/aromatic N) is 1. The monoisotopic (exact) mass is 412 g/mol. The fraction of sp³-hybridized carbons (Fsp3) is 0.348. The second-order valence-electron chi connectivity index (χ2n) is 7.80. The maximum absolute atomic E-state index is 12.5. The van der Waals surface area contributed by atoms with Gasteiger partial charge in [0.15, 0.2) is 9.84 Å². The van der Waals surface area contributed by atoms with E-state index in [1.165, 1.54) is 6.26 Å². The maximum Gasteiger partial charge on any atom is 0.179 e. The van der Waals surface area contributed by atoms with Crippen molar-refractivity contribution in [3.05, 3.63) is 54.7 Å². The van der Waals surface area contributed by atoms with Gasteiger partial charge in [-0.15, -0.1) is 0 Å². The van der Waals surface area contributed by atoms with Crippen LogP contribution in [0.5, 0.6) is 5.75 Å². The molecule has 3 rings (SSSR count). The summed E-state index contributed by atoms with van der Waals surface area (Å²) in [7, 11) is -3.45. The number of hydrogen-bond acceptors (Lipinski definition) is 5. The van der Waals surface area contributed by atoms with E-state index in [4.69, 9.17) is 10.5 Å². The zero-order chi connectivity index (χ0) is 21.0. The minimum atomic E-state index is -3.45. The zero-order valence-corrected chi connectivity index (χ0v) is 17.9. The molecule has 3 aromatic rings. The van der Waals surface area contributed by atoms with Crippen molar-refractivity contribution in [1.29, 1.82) is 0 Å². The maximum atomic E-state index is 12.5. The van der Waals surface area contributed by atoms with Crippen LogP contribution in [0.4, 0.5) is 0 Å². The SMILES string of the molecule is CC(CN)CC(C)COc1ccc(-c2ccnc3ccccc23)cc1S(C)(=O)=O. The van der Waals surface area contributed by atoms with E-state index >= 15 is 0 Å². The lowest BCUT2D eigenvalue weighted by molar-refractivity contribution is 0.232. The smallest absolute Gasteiger partial charge is 0.179 e. The van der Waals surface area contributed by atoms with E-state index in [-0.39, 0.29) is 10.8 Å². The normalized spacial score (nSPS) is 13.9. The lowest BCUT2D eigenvalue weighted by Gasteiger charge is -2.18. The summed E-state index contributed by atoms with van der Waals surface area (Å²) >= 11 is 0. The number of pyridine rings is 1. The molecule has 29 heavy (non-hydrogen) atoms. The van der Waals surface area contributed by atoms with Gasteiger partial charge in [0, 0.05) is 17.8 Å². The van der Waals surface area contributed by atoms with Crippen LogP contribution in [0.3, 0.4) is 0 Å². The van der Waals surface area contributed by atoms with E-state index < -0.39 is 9.84 Å². The molecular formula is C23H28N2O3S. The van der Waals surface area contributed by atoms with Crippen LogP contribution in [0.15, 0.2) is 59.6 Å². The van der Waals surface area contributed by atoms with Crippen molar-refractivity contribution >= 4 is 20.7 Å². The number of aromatic nitrogens is 1. The molecule has 154 valence electrons. The Labute approximate surface area is 172 Å². The molecule has 0 aliphatic heterocycles. The highest BCUT2D eigenvalue weighted by molar-refractivity contribution is 7.90. The summed E-state index contributed by atoms with van der Waals surface area (Å²) in [6, 6.07) is 15.1. The third-order valence-electron chi connectivity index (χ3n) is 5.03. The summed E-state index contributed by atoms with van der Waals surface area (Å²) in [5, 5.41) is 0.979. The summed E-state index contributed by atoms with van der Waals surface area (Å²) in [6.45, 7) is 5.27. The van der Waals surface area contributed by atoms with Gasteiger partial charge in [-0.2, -0.15) is 0 Å². The first kappa shape index (κ1) is 21.3. The molecule has 6 heteroatoms. The van der Waals surface area contributed by atoms with Gasteiger partial charge in [-0.25, -0.2) is 8.42 Å². The van der Waals surface area contributed by atoms with Gasteiger partial charge in [-0.1, -0.05) is 38.1 Å². The lowest BCUT2D eigenvalue weighted by Crippen LogP contribution is -2.18. The Morgan fingerprint density at radius 1 is 1.07 bits per heavy atom. The van der Waals surface area contributed by atoms with E-state index in [2.05, 4.69) is 18.8 Å². The average molecular weight is 413 g/mol. The molecule has 1 aromatic heterocycles. The number of fused-ring (bicyclic) bond motifs is 1. The molecule has 0 aliphatic rings. The fourth-order valence-electron chi connectivity index (χ4n) is 3.52. The van der Waals surface area contributed by atoms with E-state index in [9.17, 15) is 8.42 Å². The molecule has 2 unspecified atom stereocenters. The average Bonchev–Trinajstić information content (AvgIpc) is 2.71. The first-order chi connectivity index (χ1) is 13.8. The molecule has 0 amide bonds. The van der Waals surface area contributed by atoms with Crippen LogP contribution >= 0.6 is 0 Å². The Kier molecular flexibility index (Phi) is 6.55. The van der Waals surface area contributed by atoms with Crippen LogP contribution in [0.25, 0.3) is 22.0 Å². The standard InChI is InChI=1S/C23H28N2O3S/c1-16(14-24)12-17(2)15-28-22-9-8-18(13-23(22)29(3,26)27)19-10-11-25-21-7-5-4-6-20(19)21/h4-11,13,16-17H,12,14-15,24H2,1-3H3. The van der Waals surface area contributed by atoms with Gasteiger partial charge < -0.3 is 10.5 Å². The summed E-state index contributed by atoms with van der Waals surface area (Å²) in [5.74, 6) is 1.08. The van der Waals surface area contributed by atoms with Crippen LogP contribution in [0.1, 0.15) is 20.3 Å². The Bertz CT molecular complexity index is 1090. The van der Waals surface area contributed by atoms with Crippen molar-refractivity contribution < 1.29 is 13.2 Å². The number of nitrogens with two attached hydrogens (primary N) is 1. The number of rotatable bonds is 8. The van der Waals surface area contributed by atoms with E-state index in [1.807, 2.05) is 36.4 Å². The van der Waals surface area contributed by atoms with Crippen molar-refractivity contribution in [1.82, 2.24) is 4.98 Å². The molecule has 0 saturated heterocycles. The summed E-state index contributed by atoms with van der Waals surface area (Å²) in [5.41, 5.74) is 8.33. The summed E-state index contributed by atoms with van der Waals surface area (Å²) < 4.78 is 30.8. The topological polar surface area (TPSA) is 82.3 Å². The largest absolute Gasteiger partial charge is 0.492 e. The van der Waals surface area contributed by atoms with Crippen LogP contribution in [0.2, 0.25) is 0 Å². The number of benzene rings is 2. The molecule has 2 atom stereocenters. The van der Waals surface area contributed by atoms with Crippen molar-refractivity contribution in [3.63, 3.8) is 0 Å². The third kappa shape index (κ3) is 5.14. The summed E-state index contributed by atoms with van der Waals surface area (Å²) in [6.07, 6.45) is 3.89. The highest BCUT2D eigenvalue weighted by Gasteiger charge is 2.18. The van der Waals surface area contributed by atoms with Crippen molar-refractivity contribution in [2.75, 3.05) is 19.4 Å². The van der Waals surface area contributed by atoms with Crippen molar-refractivity contribution in [2.24, 2.45) is 17.6 Å². The van der Waals surface area contributed by atoms with Gasteiger partial charge in [0.05, 0.1) is 12.1 Å². The minimum absolute atomic E-state index is 0.204. The predicted octanol–water partition coefficient (Wildman–Crippen LogP) is 4.31. The van der Waals surface area contributed by atoms with Gasteiger partial charge in [0.2, 0.25) is 0 Å². The van der Waals surface area contributed by atoms with Crippen LogP contribution in [-0.4, -0.2) is 32.8 Å². The van der Waals surface area contributed by atoms with Gasteiger partial charge in [-0.05, 0) is 60.2 Å². The number of ether oxygens (including phenoxy) is 1. The first-order valence-corrected chi connectivity index (χ1v) is 11.7. The molecule has 5 nitrogen and oxygen atoms in total. The second-order valence-corrected chi connectivity index (χ2v) is 9.79. The van der Waals surface area contributed by atoms with E-state index in [0.717, 1.165) is 28.5 Å². The molecule has 0 fully saturated rings. The van der Waals surface area contributed by atoms with Crippen LogP contribution < -0.4 is 10.5 Å². The Hall–Kier alpha value is -2.44. The highest BCUT2D eigenvalue weighted by atomic mass is 32.2.